The zero-order chi connectivity index (χ0) is 14.0. The van der Waals surface area contributed by atoms with Gasteiger partial charge in [-0.1, -0.05) is 29.8 Å². The number of aromatic nitrogens is 2. The Morgan fingerprint density at radius 1 is 1.37 bits per heavy atom. The maximum Gasteiger partial charge on any atom is 0.158 e. The maximum absolute atomic E-state index is 13.4. The number of aryl methyl sites for hydroxylation is 1. The molecule has 1 aromatic heterocycles. The molecule has 2 rings (SSSR count). The number of ketones is 1. The van der Waals surface area contributed by atoms with Crippen molar-refractivity contribution in [3.8, 4) is 0 Å². The van der Waals surface area contributed by atoms with Crippen molar-refractivity contribution < 1.29 is 9.18 Å². The van der Waals surface area contributed by atoms with E-state index in [4.69, 9.17) is 11.6 Å². The second-order valence-electron chi connectivity index (χ2n) is 4.45. The number of nitrogens with zero attached hydrogens (tertiary/aromatic N) is 2. The molecule has 19 heavy (non-hydrogen) atoms. The van der Waals surface area contributed by atoms with E-state index < -0.39 is 0 Å². The average Bonchev–Trinajstić information content (AvgIpc) is 2.60. The first-order valence-corrected chi connectivity index (χ1v) is 6.31. The first-order valence-electron chi connectivity index (χ1n) is 5.93. The highest BCUT2D eigenvalue weighted by molar-refractivity contribution is 6.31. The van der Waals surface area contributed by atoms with Gasteiger partial charge in [0.25, 0.3) is 0 Å². The average molecular weight is 281 g/mol. The Balaban J connectivity index is 2.10. The van der Waals surface area contributed by atoms with Crippen LogP contribution in [-0.4, -0.2) is 15.6 Å². The molecule has 0 fully saturated rings. The number of Topliss-reactive ketones (excluding diaryl/α,β-unsaturated/α-hetero) is 1. The predicted molar refractivity (Wildman–Crippen MR) is 71.8 cm³/mol. The number of benzene rings is 1. The molecule has 0 spiro atoms. The minimum absolute atomic E-state index is 0.0582. The summed E-state index contributed by atoms with van der Waals surface area (Å²) < 4.78 is 15.0. The van der Waals surface area contributed by atoms with Crippen molar-refractivity contribution in [1.29, 1.82) is 0 Å². The molecule has 2 aromatic rings. The van der Waals surface area contributed by atoms with Crippen LogP contribution in [0.5, 0.6) is 0 Å². The van der Waals surface area contributed by atoms with Crippen LogP contribution in [0.2, 0.25) is 5.02 Å². The summed E-state index contributed by atoms with van der Waals surface area (Å²) in [6.07, 6.45) is 0.0582. The summed E-state index contributed by atoms with van der Waals surface area (Å²) in [5.74, 6) is -0.463. The number of carbonyl (C=O) groups is 1. The normalized spacial score (nSPS) is 10.7. The van der Waals surface area contributed by atoms with Gasteiger partial charge in [-0.05, 0) is 25.5 Å². The van der Waals surface area contributed by atoms with Gasteiger partial charge in [-0.2, -0.15) is 5.10 Å². The fraction of sp³-hybridized carbons (Fsp3) is 0.286. The molecule has 100 valence electrons. The molecule has 0 amide bonds. The number of hydrogen-bond donors (Lipinski definition) is 0. The van der Waals surface area contributed by atoms with E-state index in [-0.39, 0.29) is 24.6 Å². The topological polar surface area (TPSA) is 34.9 Å². The fourth-order valence-electron chi connectivity index (χ4n) is 1.91. The molecular weight excluding hydrogens is 267 g/mol. The largest absolute Gasteiger partial charge is 0.297 e. The van der Waals surface area contributed by atoms with E-state index in [9.17, 15) is 9.18 Å². The second-order valence-corrected chi connectivity index (χ2v) is 4.83. The van der Waals surface area contributed by atoms with Crippen LogP contribution in [0.25, 0.3) is 0 Å². The van der Waals surface area contributed by atoms with Crippen molar-refractivity contribution in [3.63, 3.8) is 0 Å². The minimum atomic E-state index is -0.359. The van der Waals surface area contributed by atoms with Crippen LogP contribution >= 0.6 is 11.6 Å². The number of hydrogen-bond acceptors (Lipinski definition) is 2. The molecule has 1 aromatic carbocycles. The van der Waals surface area contributed by atoms with E-state index in [1.165, 1.54) is 6.07 Å². The lowest BCUT2D eigenvalue weighted by Gasteiger charge is -2.05. The van der Waals surface area contributed by atoms with Gasteiger partial charge in [0.2, 0.25) is 0 Å². The molecule has 0 aliphatic carbocycles. The Morgan fingerprint density at radius 3 is 2.63 bits per heavy atom. The smallest absolute Gasteiger partial charge is 0.158 e. The van der Waals surface area contributed by atoms with Gasteiger partial charge in [-0.15, -0.1) is 0 Å². The molecular formula is C14H14ClFN2O. The second kappa shape index (κ2) is 5.53. The highest BCUT2D eigenvalue weighted by atomic mass is 35.5. The van der Waals surface area contributed by atoms with Crippen molar-refractivity contribution >= 4 is 17.4 Å². The highest BCUT2D eigenvalue weighted by Crippen LogP contribution is 2.19. The molecule has 5 heteroatoms. The lowest BCUT2D eigenvalue weighted by molar-refractivity contribution is -0.119. The van der Waals surface area contributed by atoms with Crippen LogP contribution in [0.1, 0.15) is 17.0 Å². The zero-order valence-electron chi connectivity index (χ0n) is 10.8. The number of carbonyl (C=O) groups excluding carboxylic acids is 1. The SMILES string of the molecule is Cc1nn(CC(=O)Cc2ccccc2F)c(C)c1Cl. The Hall–Kier alpha value is -1.68. The first-order chi connectivity index (χ1) is 8.99. The van der Waals surface area contributed by atoms with E-state index in [0.717, 1.165) is 5.69 Å². The highest BCUT2D eigenvalue weighted by Gasteiger charge is 2.13. The molecule has 0 aliphatic heterocycles. The van der Waals surface area contributed by atoms with Gasteiger partial charge in [-0.25, -0.2) is 4.39 Å². The van der Waals surface area contributed by atoms with Crippen molar-refractivity contribution in [2.24, 2.45) is 0 Å². The summed E-state index contributed by atoms with van der Waals surface area (Å²) in [5, 5.41) is 4.75. The third kappa shape index (κ3) is 3.01. The summed E-state index contributed by atoms with van der Waals surface area (Å²) >= 11 is 6.01. The fourth-order valence-corrected chi connectivity index (χ4v) is 2.04. The van der Waals surface area contributed by atoms with Crippen LogP contribution in [0, 0.1) is 19.7 Å². The van der Waals surface area contributed by atoms with Gasteiger partial charge < -0.3 is 0 Å². The van der Waals surface area contributed by atoms with Crippen LogP contribution in [-0.2, 0) is 17.8 Å². The summed E-state index contributed by atoms with van der Waals surface area (Å²) in [7, 11) is 0. The van der Waals surface area contributed by atoms with Gasteiger partial charge in [-0.3, -0.25) is 9.48 Å². The van der Waals surface area contributed by atoms with E-state index in [0.29, 0.717) is 16.3 Å². The number of halogens is 2. The van der Waals surface area contributed by atoms with Gasteiger partial charge in [0.15, 0.2) is 5.78 Å². The van der Waals surface area contributed by atoms with Gasteiger partial charge in [0.1, 0.15) is 12.4 Å². The van der Waals surface area contributed by atoms with Gasteiger partial charge in [0.05, 0.1) is 16.4 Å². The van der Waals surface area contributed by atoms with E-state index in [1.807, 2.05) is 0 Å². The molecule has 0 atom stereocenters. The molecule has 3 nitrogen and oxygen atoms in total. The maximum atomic E-state index is 13.4. The van der Waals surface area contributed by atoms with E-state index in [1.54, 1.807) is 36.7 Å². The van der Waals surface area contributed by atoms with Crippen molar-refractivity contribution in [2.45, 2.75) is 26.8 Å². The van der Waals surface area contributed by atoms with Crippen LogP contribution in [0.3, 0.4) is 0 Å². The molecule has 0 saturated heterocycles. The quantitative estimate of drug-likeness (QED) is 0.862. The van der Waals surface area contributed by atoms with Gasteiger partial charge >= 0.3 is 0 Å². The number of rotatable bonds is 4. The molecule has 0 bridgehead atoms. The Labute approximate surface area is 116 Å². The standard InChI is InChI=1S/C14H14ClFN2O/c1-9-14(15)10(2)18(17-9)8-12(19)7-11-5-3-4-6-13(11)16/h3-6H,7-8H2,1-2H3. The molecule has 0 saturated carbocycles. The molecule has 0 aliphatic rings. The van der Waals surface area contributed by atoms with E-state index >= 15 is 0 Å². The monoisotopic (exact) mass is 280 g/mol. The van der Waals surface area contributed by atoms with Crippen molar-refractivity contribution in [2.75, 3.05) is 0 Å². The van der Waals surface area contributed by atoms with Crippen molar-refractivity contribution in [1.82, 2.24) is 9.78 Å². The van der Waals surface area contributed by atoms with Crippen LogP contribution in [0.15, 0.2) is 24.3 Å². The summed E-state index contributed by atoms with van der Waals surface area (Å²) in [4.78, 5) is 11.9. The van der Waals surface area contributed by atoms with E-state index in [2.05, 4.69) is 5.10 Å². The third-order valence-electron chi connectivity index (χ3n) is 2.96. The molecule has 1 heterocycles. The van der Waals surface area contributed by atoms with Gasteiger partial charge in [0, 0.05) is 6.42 Å². The molecule has 0 N–H and O–H groups in total. The lowest BCUT2D eigenvalue weighted by Crippen LogP contribution is -2.15. The lowest BCUT2D eigenvalue weighted by atomic mass is 10.1. The minimum Gasteiger partial charge on any atom is -0.297 e. The van der Waals surface area contributed by atoms with Crippen LogP contribution < -0.4 is 0 Å². The third-order valence-corrected chi connectivity index (χ3v) is 3.51. The summed E-state index contributed by atoms with van der Waals surface area (Å²) in [6.45, 7) is 3.69. The van der Waals surface area contributed by atoms with Crippen molar-refractivity contribution in [3.05, 3.63) is 52.1 Å². The Bertz CT molecular complexity index is 622. The molecule has 0 unspecified atom stereocenters. The van der Waals surface area contributed by atoms with Crippen LogP contribution in [0.4, 0.5) is 4.39 Å². The first kappa shape index (κ1) is 13.7. The molecule has 0 radical (unpaired) electrons. The summed E-state index contributed by atoms with van der Waals surface area (Å²) in [6, 6.07) is 6.28. The zero-order valence-corrected chi connectivity index (χ0v) is 11.5. The predicted octanol–water partition coefficient (Wildman–Crippen LogP) is 3.10. The Kier molecular flexibility index (Phi) is 4.00. The Morgan fingerprint density at radius 2 is 2.05 bits per heavy atom. The summed E-state index contributed by atoms with van der Waals surface area (Å²) in [5.41, 5.74) is 1.85.